The zero-order chi connectivity index (χ0) is 33.6. The number of amides is 1. The average molecular weight is 692 g/mol. The summed E-state index contributed by atoms with van der Waals surface area (Å²) in [6, 6.07) is 17.6. The fourth-order valence-electron chi connectivity index (χ4n) is 6.22. The lowest BCUT2D eigenvalue weighted by molar-refractivity contribution is -0.0311. The predicted octanol–water partition coefficient (Wildman–Crippen LogP) is 7.18. The highest BCUT2D eigenvalue weighted by atomic mass is 35.5. The molecule has 3 aliphatic rings. The van der Waals surface area contributed by atoms with Crippen molar-refractivity contribution in [3.8, 4) is 11.5 Å². The number of fused-ring (bicyclic) bond motifs is 3. The highest BCUT2D eigenvalue weighted by molar-refractivity contribution is 6.35. The number of hydrogen-bond donors (Lipinski definition) is 0. The van der Waals surface area contributed by atoms with E-state index in [4.69, 9.17) is 42.1 Å². The molecule has 4 aromatic rings. The van der Waals surface area contributed by atoms with Gasteiger partial charge in [-0.05, 0) is 84.9 Å². The number of anilines is 1. The number of carbonyl (C=O) groups is 2. The molecule has 12 heteroatoms. The van der Waals surface area contributed by atoms with E-state index in [1.54, 1.807) is 67.9 Å². The number of methoxy groups -OCH3 is 2. The molecule has 3 aliphatic heterocycles. The second-order valence-electron chi connectivity index (χ2n) is 11.8. The first kappa shape index (κ1) is 33.5. The number of carbonyl (C=O) groups excluding carboxylic acids is 2. The Morgan fingerprint density at radius 1 is 0.958 bits per heavy atom. The third kappa shape index (κ3) is 7.67. The van der Waals surface area contributed by atoms with E-state index < -0.39 is 18.2 Å². The number of hydrogen-bond acceptors (Lipinski definition) is 9. The van der Waals surface area contributed by atoms with Crippen LogP contribution in [0.1, 0.15) is 46.0 Å². The molecule has 7 rings (SSSR count). The van der Waals surface area contributed by atoms with E-state index in [9.17, 15) is 9.59 Å². The molecule has 0 N–H and O–H groups in total. The molecule has 10 nitrogen and oxygen atoms in total. The Bertz CT molecular complexity index is 1710. The van der Waals surface area contributed by atoms with Crippen LogP contribution in [0, 0.1) is 5.92 Å². The first-order chi connectivity index (χ1) is 23.3. The fourth-order valence-corrected chi connectivity index (χ4v) is 6.73. The maximum absolute atomic E-state index is 13.6. The summed E-state index contributed by atoms with van der Waals surface area (Å²) in [6.45, 7) is 3.07. The summed E-state index contributed by atoms with van der Waals surface area (Å²) in [5, 5.41) is 0.718. The molecule has 0 saturated carbocycles. The van der Waals surface area contributed by atoms with Crippen LogP contribution < -0.4 is 14.4 Å². The van der Waals surface area contributed by atoms with Gasteiger partial charge < -0.3 is 18.9 Å². The van der Waals surface area contributed by atoms with Crippen molar-refractivity contribution >= 4 is 41.1 Å². The van der Waals surface area contributed by atoms with Crippen molar-refractivity contribution in [1.82, 2.24) is 14.9 Å². The zero-order valence-corrected chi connectivity index (χ0v) is 28.2. The summed E-state index contributed by atoms with van der Waals surface area (Å²) >= 11 is 12.9. The monoisotopic (exact) mass is 690 g/mol. The highest BCUT2D eigenvalue weighted by Gasteiger charge is 2.37. The van der Waals surface area contributed by atoms with Crippen LogP contribution in [0.15, 0.2) is 79.3 Å². The molecular formula is C36H36Cl2N4O6. The van der Waals surface area contributed by atoms with Gasteiger partial charge in [0.2, 0.25) is 0 Å². The molecule has 0 radical (unpaired) electrons. The number of halogens is 2. The molecule has 2 aromatic carbocycles. The summed E-state index contributed by atoms with van der Waals surface area (Å²) in [6.07, 6.45) is 5.55. The number of piperidine rings is 3. The fraction of sp³-hybridized carbons (Fsp3) is 0.333. The minimum absolute atomic E-state index is 0.140. The van der Waals surface area contributed by atoms with E-state index in [0.29, 0.717) is 50.0 Å². The largest absolute Gasteiger partial charge is 0.493 e. The molecule has 0 aliphatic carbocycles. The van der Waals surface area contributed by atoms with Gasteiger partial charge in [-0.2, -0.15) is 0 Å². The average Bonchev–Trinajstić information content (AvgIpc) is 3.12. The Kier molecular flexibility index (Phi) is 10.6. The van der Waals surface area contributed by atoms with Crippen molar-refractivity contribution < 1.29 is 28.5 Å². The Morgan fingerprint density at radius 2 is 1.69 bits per heavy atom. The van der Waals surface area contributed by atoms with Crippen molar-refractivity contribution in [1.29, 1.82) is 0 Å². The molecule has 0 spiro atoms. The SMILES string of the molecule is COc1ccc([C@H](Cc2c(Cl)cncc2Cl)OC(=O)c2ccc(CN(C(=O)O[C@H]3CN4CCC3CC4)c3ccccn3)cc2)cc1OC. The van der Waals surface area contributed by atoms with Crippen molar-refractivity contribution in [2.75, 3.05) is 38.8 Å². The first-order valence-electron chi connectivity index (χ1n) is 15.7. The van der Waals surface area contributed by atoms with Crippen LogP contribution in [0.3, 0.4) is 0 Å². The van der Waals surface area contributed by atoms with Gasteiger partial charge in [0, 0.05) is 31.6 Å². The number of rotatable bonds is 11. The van der Waals surface area contributed by atoms with Gasteiger partial charge in [-0.15, -0.1) is 0 Å². The van der Waals surface area contributed by atoms with Crippen LogP contribution in [0.5, 0.6) is 11.5 Å². The second kappa shape index (κ2) is 15.2. The Morgan fingerprint density at radius 3 is 2.31 bits per heavy atom. The summed E-state index contributed by atoms with van der Waals surface area (Å²) in [7, 11) is 3.08. The van der Waals surface area contributed by atoms with Gasteiger partial charge >= 0.3 is 12.1 Å². The van der Waals surface area contributed by atoms with Crippen LogP contribution in [-0.2, 0) is 22.4 Å². The summed E-state index contributed by atoms with van der Waals surface area (Å²) in [4.78, 5) is 39.4. The molecular weight excluding hydrogens is 655 g/mol. The Labute approximate surface area is 289 Å². The lowest BCUT2D eigenvalue weighted by atomic mass is 9.86. The van der Waals surface area contributed by atoms with Crippen LogP contribution in [0.4, 0.5) is 10.6 Å². The van der Waals surface area contributed by atoms with Crippen molar-refractivity contribution in [3.05, 3.63) is 112 Å². The number of esters is 1. The number of ether oxygens (including phenoxy) is 4. The number of aromatic nitrogens is 2. The predicted molar refractivity (Wildman–Crippen MR) is 182 cm³/mol. The van der Waals surface area contributed by atoms with Crippen LogP contribution in [0.25, 0.3) is 0 Å². The smallest absolute Gasteiger partial charge is 0.416 e. The number of benzene rings is 2. The zero-order valence-electron chi connectivity index (χ0n) is 26.7. The van der Waals surface area contributed by atoms with Gasteiger partial charge in [0.1, 0.15) is 18.0 Å². The lowest BCUT2D eigenvalue weighted by Gasteiger charge is -2.44. The Hall–Kier alpha value is -4.38. The van der Waals surface area contributed by atoms with Crippen LogP contribution in [-0.4, -0.2) is 66.9 Å². The van der Waals surface area contributed by atoms with Crippen molar-refractivity contribution in [2.24, 2.45) is 5.92 Å². The normalized spacial score (nSPS) is 18.9. The molecule has 250 valence electrons. The summed E-state index contributed by atoms with van der Waals surface area (Å²) in [5.74, 6) is 1.33. The number of nitrogens with zero attached hydrogens (tertiary/aromatic N) is 4. The molecule has 2 aromatic heterocycles. The van der Waals surface area contributed by atoms with E-state index in [0.717, 1.165) is 38.0 Å². The third-order valence-electron chi connectivity index (χ3n) is 8.90. The topological polar surface area (TPSA) is 103 Å². The van der Waals surface area contributed by atoms with Gasteiger partial charge in [-0.3, -0.25) is 14.8 Å². The maximum Gasteiger partial charge on any atom is 0.416 e. The minimum Gasteiger partial charge on any atom is -0.493 e. The van der Waals surface area contributed by atoms with Gasteiger partial charge in [-0.25, -0.2) is 14.6 Å². The van der Waals surface area contributed by atoms with Crippen molar-refractivity contribution in [3.63, 3.8) is 0 Å². The van der Waals surface area contributed by atoms with Gasteiger partial charge in [0.15, 0.2) is 11.5 Å². The van der Waals surface area contributed by atoms with E-state index in [1.165, 1.54) is 24.4 Å². The van der Waals surface area contributed by atoms with Gasteiger partial charge in [-0.1, -0.05) is 47.5 Å². The molecule has 48 heavy (non-hydrogen) atoms. The maximum atomic E-state index is 13.6. The first-order valence-corrected chi connectivity index (χ1v) is 16.5. The van der Waals surface area contributed by atoms with Gasteiger partial charge in [0.05, 0.1) is 36.4 Å². The Balaban J connectivity index is 1.20. The molecule has 3 saturated heterocycles. The molecule has 5 heterocycles. The van der Waals surface area contributed by atoms with Crippen molar-refractivity contribution in [2.45, 2.75) is 38.0 Å². The minimum atomic E-state index is -0.768. The van der Waals surface area contributed by atoms with Gasteiger partial charge in [0.25, 0.3) is 0 Å². The molecule has 3 fully saturated rings. The molecule has 1 amide bonds. The van der Waals surface area contributed by atoms with E-state index >= 15 is 0 Å². The van der Waals surface area contributed by atoms with E-state index in [-0.39, 0.29) is 19.1 Å². The second-order valence-corrected chi connectivity index (χ2v) is 12.6. The number of pyridine rings is 2. The van der Waals surface area contributed by atoms with E-state index in [1.807, 2.05) is 6.07 Å². The van der Waals surface area contributed by atoms with Crippen LogP contribution in [0.2, 0.25) is 10.0 Å². The standard InChI is InChI=1S/C36H36Cl2N4O6/c1-45-30-11-10-26(17-32(30)46-2)31(18-27-28(37)19-39-20-29(27)38)47-35(43)25-8-6-23(7-9-25)21-42(34-5-3-4-14-40-34)36(44)48-33-22-41-15-12-24(33)13-16-41/h3-11,14,17,19-20,24,31,33H,12-13,15-16,18,21-22H2,1-2H3/t31-,33-/m0/s1. The third-order valence-corrected chi connectivity index (χ3v) is 9.55. The molecule has 2 bridgehead atoms. The molecule has 0 unspecified atom stereocenters. The van der Waals surface area contributed by atoms with E-state index in [2.05, 4.69) is 14.9 Å². The highest BCUT2D eigenvalue weighted by Crippen LogP contribution is 2.36. The quantitative estimate of drug-likeness (QED) is 0.151. The summed E-state index contributed by atoms with van der Waals surface area (Å²) < 4.78 is 23.0. The molecule has 2 atom stereocenters. The van der Waals surface area contributed by atoms with Crippen LogP contribution >= 0.6 is 23.2 Å². The lowest BCUT2D eigenvalue weighted by Crippen LogP contribution is -2.53. The summed E-state index contributed by atoms with van der Waals surface area (Å²) in [5.41, 5.74) is 2.37.